The molecule has 0 N–H and O–H groups in total. The van der Waals surface area contributed by atoms with Crippen molar-refractivity contribution in [3.05, 3.63) is 94.3 Å². The van der Waals surface area contributed by atoms with Gasteiger partial charge in [-0.3, -0.25) is 0 Å². The Labute approximate surface area is 164 Å². The molecule has 0 amide bonds. The Hall–Kier alpha value is -2.81. The second kappa shape index (κ2) is 8.92. The van der Waals surface area contributed by atoms with E-state index in [2.05, 4.69) is 0 Å². The van der Waals surface area contributed by atoms with Crippen LogP contribution in [-0.2, 0) is 12.8 Å². The Morgan fingerprint density at radius 1 is 0.714 bits per heavy atom. The molecule has 0 bridgehead atoms. The largest absolute Gasteiger partial charge is 0.207 e. The molecule has 3 aromatic rings. The van der Waals surface area contributed by atoms with E-state index in [1.54, 1.807) is 37.3 Å². The van der Waals surface area contributed by atoms with Gasteiger partial charge in [-0.1, -0.05) is 81.0 Å². The van der Waals surface area contributed by atoms with Crippen LogP contribution in [0.25, 0.3) is 23.3 Å². The molecule has 0 unspecified atom stereocenters. The molecule has 0 heterocycles. The van der Waals surface area contributed by atoms with Crippen molar-refractivity contribution in [1.82, 2.24) is 0 Å². The molecule has 0 aliphatic rings. The maximum Gasteiger partial charge on any atom is 0.166 e. The minimum atomic E-state index is -0.824. The van der Waals surface area contributed by atoms with Gasteiger partial charge in [0.15, 0.2) is 11.6 Å². The molecular weight excluding hydrogens is 357 g/mol. The normalized spacial score (nSPS) is 11.3. The molecule has 0 saturated carbocycles. The Bertz CT molecular complexity index is 985. The van der Waals surface area contributed by atoms with Crippen LogP contribution in [0.5, 0.6) is 0 Å². The highest BCUT2D eigenvalue weighted by Gasteiger charge is 2.10. The monoisotopic (exact) mass is 380 g/mol. The minimum Gasteiger partial charge on any atom is -0.207 e. The van der Waals surface area contributed by atoms with Crippen LogP contribution in [0, 0.1) is 17.5 Å². The van der Waals surface area contributed by atoms with E-state index in [0.717, 1.165) is 35.1 Å². The number of benzene rings is 3. The summed E-state index contributed by atoms with van der Waals surface area (Å²) >= 11 is 0. The molecule has 3 rings (SSSR count). The molecule has 0 aliphatic heterocycles. The standard InChI is InChI=1S/C25H23F3/c1-3-5-20-13-15-22(16-23(20)26)19-9-6-17(7-10-19)8-11-21-14-12-18(4-2)24(27)25(21)28/h6-16H,3-5H2,1-2H3. The van der Waals surface area contributed by atoms with Crippen LogP contribution in [-0.4, -0.2) is 0 Å². The molecule has 0 fully saturated rings. The second-order valence-electron chi connectivity index (χ2n) is 6.81. The first-order valence-corrected chi connectivity index (χ1v) is 9.57. The number of hydrogen-bond acceptors (Lipinski definition) is 0. The maximum atomic E-state index is 14.2. The zero-order valence-electron chi connectivity index (χ0n) is 16.1. The van der Waals surface area contributed by atoms with Crippen molar-refractivity contribution in [2.75, 3.05) is 0 Å². The number of hydrogen-bond donors (Lipinski definition) is 0. The van der Waals surface area contributed by atoms with Gasteiger partial charge in [0, 0.05) is 5.56 Å². The predicted octanol–water partition coefficient (Wildman–Crippen LogP) is 7.46. The number of halogens is 3. The first-order valence-electron chi connectivity index (χ1n) is 9.57. The number of rotatable bonds is 6. The average Bonchev–Trinajstić information content (AvgIpc) is 2.71. The highest BCUT2D eigenvalue weighted by atomic mass is 19.2. The Morgan fingerprint density at radius 3 is 2.04 bits per heavy atom. The summed E-state index contributed by atoms with van der Waals surface area (Å²) in [7, 11) is 0. The minimum absolute atomic E-state index is 0.184. The lowest BCUT2D eigenvalue weighted by molar-refractivity contribution is 0.498. The van der Waals surface area contributed by atoms with Gasteiger partial charge in [-0.25, -0.2) is 13.2 Å². The molecule has 0 aromatic heterocycles. The summed E-state index contributed by atoms with van der Waals surface area (Å²) in [5.41, 5.74) is 3.89. The molecule has 0 nitrogen and oxygen atoms in total. The first kappa shape index (κ1) is 19.9. The van der Waals surface area contributed by atoms with E-state index >= 15 is 0 Å². The van der Waals surface area contributed by atoms with E-state index in [-0.39, 0.29) is 11.4 Å². The Balaban J connectivity index is 1.79. The first-order chi connectivity index (χ1) is 13.5. The summed E-state index contributed by atoms with van der Waals surface area (Å²) in [6.45, 7) is 3.82. The Kier molecular flexibility index (Phi) is 6.35. The van der Waals surface area contributed by atoms with Crippen molar-refractivity contribution < 1.29 is 13.2 Å². The lowest BCUT2D eigenvalue weighted by atomic mass is 10.00. The fourth-order valence-corrected chi connectivity index (χ4v) is 3.18. The van der Waals surface area contributed by atoms with Crippen LogP contribution < -0.4 is 0 Å². The van der Waals surface area contributed by atoms with Gasteiger partial charge in [0.2, 0.25) is 0 Å². The van der Waals surface area contributed by atoms with Crippen molar-refractivity contribution >= 4 is 12.2 Å². The maximum absolute atomic E-state index is 14.2. The molecule has 0 spiro atoms. The lowest BCUT2D eigenvalue weighted by Gasteiger charge is -2.06. The van der Waals surface area contributed by atoms with Gasteiger partial charge in [0.25, 0.3) is 0 Å². The van der Waals surface area contributed by atoms with Gasteiger partial charge in [0.05, 0.1) is 0 Å². The molecule has 0 atom stereocenters. The lowest BCUT2D eigenvalue weighted by Crippen LogP contribution is -1.95. The highest BCUT2D eigenvalue weighted by molar-refractivity contribution is 5.72. The van der Waals surface area contributed by atoms with Gasteiger partial charge < -0.3 is 0 Å². The zero-order chi connectivity index (χ0) is 20.1. The van der Waals surface area contributed by atoms with Crippen molar-refractivity contribution in [2.45, 2.75) is 33.1 Å². The van der Waals surface area contributed by atoms with Gasteiger partial charge in [-0.15, -0.1) is 0 Å². The van der Waals surface area contributed by atoms with Crippen LogP contribution >= 0.6 is 0 Å². The predicted molar refractivity (Wildman–Crippen MR) is 110 cm³/mol. The third-order valence-electron chi connectivity index (χ3n) is 4.84. The van der Waals surface area contributed by atoms with Crippen LogP contribution in [0.4, 0.5) is 13.2 Å². The summed E-state index contributed by atoms with van der Waals surface area (Å²) in [5.74, 6) is -1.79. The molecule has 0 radical (unpaired) electrons. The summed E-state index contributed by atoms with van der Waals surface area (Å²) in [5, 5.41) is 0. The van der Waals surface area contributed by atoms with Crippen LogP contribution in [0.1, 0.15) is 42.5 Å². The molecule has 28 heavy (non-hydrogen) atoms. The second-order valence-corrected chi connectivity index (χ2v) is 6.81. The summed E-state index contributed by atoms with van der Waals surface area (Å²) < 4.78 is 42.2. The van der Waals surface area contributed by atoms with Crippen LogP contribution in [0.3, 0.4) is 0 Å². The Morgan fingerprint density at radius 2 is 1.39 bits per heavy atom. The van der Waals surface area contributed by atoms with E-state index in [1.165, 1.54) is 0 Å². The molecule has 3 aromatic carbocycles. The SMILES string of the molecule is CCCc1ccc(-c2ccc(C=Cc3ccc(CC)c(F)c3F)cc2)cc1F. The third-order valence-corrected chi connectivity index (χ3v) is 4.84. The van der Waals surface area contributed by atoms with Crippen molar-refractivity contribution in [2.24, 2.45) is 0 Å². The van der Waals surface area contributed by atoms with E-state index in [0.29, 0.717) is 12.0 Å². The summed E-state index contributed by atoms with van der Waals surface area (Å²) in [6, 6.07) is 16.0. The van der Waals surface area contributed by atoms with Crippen LogP contribution in [0.15, 0.2) is 54.6 Å². The molecule has 144 valence electrons. The third kappa shape index (κ3) is 4.36. The molecule has 3 heteroatoms. The van der Waals surface area contributed by atoms with Crippen molar-refractivity contribution in [3.63, 3.8) is 0 Å². The van der Waals surface area contributed by atoms with Gasteiger partial charge >= 0.3 is 0 Å². The zero-order valence-corrected chi connectivity index (χ0v) is 16.1. The van der Waals surface area contributed by atoms with E-state index < -0.39 is 11.6 Å². The fraction of sp³-hybridized carbons (Fsp3) is 0.200. The quantitative estimate of drug-likeness (QED) is 0.389. The van der Waals surface area contributed by atoms with E-state index in [9.17, 15) is 13.2 Å². The van der Waals surface area contributed by atoms with Crippen molar-refractivity contribution in [3.8, 4) is 11.1 Å². The van der Waals surface area contributed by atoms with Crippen molar-refractivity contribution in [1.29, 1.82) is 0 Å². The average molecular weight is 380 g/mol. The van der Waals surface area contributed by atoms with Crippen LogP contribution in [0.2, 0.25) is 0 Å². The summed E-state index contributed by atoms with van der Waals surface area (Å²) in [4.78, 5) is 0. The van der Waals surface area contributed by atoms with Gasteiger partial charge in [0.1, 0.15) is 5.82 Å². The van der Waals surface area contributed by atoms with Gasteiger partial charge in [-0.2, -0.15) is 0 Å². The summed E-state index contributed by atoms with van der Waals surface area (Å²) in [6.07, 6.45) is 5.38. The fourth-order valence-electron chi connectivity index (χ4n) is 3.18. The molecular formula is C25H23F3. The van der Waals surface area contributed by atoms with Gasteiger partial charge in [-0.05, 0) is 46.7 Å². The number of aryl methyl sites for hydroxylation is 2. The van der Waals surface area contributed by atoms with E-state index in [4.69, 9.17) is 0 Å². The topological polar surface area (TPSA) is 0 Å². The smallest absolute Gasteiger partial charge is 0.166 e. The molecule has 0 aliphatic carbocycles. The molecule has 0 saturated heterocycles. The van der Waals surface area contributed by atoms with E-state index in [1.807, 2.05) is 43.3 Å². The highest BCUT2D eigenvalue weighted by Crippen LogP contribution is 2.24.